The zero-order valence-corrected chi connectivity index (χ0v) is 15.0. The predicted octanol–water partition coefficient (Wildman–Crippen LogP) is 3.17. The molecule has 1 fully saturated rings. The molecule has 1 heterocycles. The molecule has 0 atom stereocenters. The maximum Gasteiger partial charge on any atom is 0.317 e. The van der Waals surface area contributed by atoms with Crippen LogP contribution in [0.15, 0.2) is 29.2 Å². The number of nitrogens with zero attached hydrogens (tertiary/aromatic N) is 2. The molecule has 2 rings (SSSR count). The molecule has 0 aliphatic carbocycles. The Kier molecular flexibility index (Phi) is 8.18. The summed E-state index contributed by atoms with van der Waals surface area (Å²) < 4.78 is 18.1. The quantitative estimate of drug-likeness (QED) is 0.763. The van der Waals surface area contributed by atoms with Crippen LogP contribution in [-0.2, 0) is 0 Å². The van der Waals surface area contributed by atoms with Crippen molar-refractivity contribution in [2.75, 3.05) is 45.9 Å². The van der Waals surface area contributed by atoms with E-state index in [0.29, 0.717) is 18.0 Å². The molecular formula is C17H26FN3O2S. The third-order valence-corrected chi connectivity index (χ3v) is 4.45. The van der Waals surface area contributed by atoms with Crippen LogP contribution in [0.3, 0.4) is 0 Å². The molecule has 0 saturated carbocycles. The Morgan fingerprint density at radius 1 is 1.25 bits per heavy atom. The Morgan fingerprint density at radius 3 is 2.75 bits per heavy atom. The van der Waals surface area contributed by atoms with Crippen LogP contribution in [0.4, 0.5) is 8.68 Å². The van der Waals surface area contributed by atoms with Crippen LogP contribution in [0.2, 0.25) is 0 Å². The molecule has 134 valence electrons. The van der Waals surface area contributed by atoms with Gasteiger partial charge < -0.3 is 19.9 Å². The van der Waals surface area contributed by atoms with Gasteiger partial charge in [0.25, 0.3) is 0 Å². The Labute approximate surface area is 147 Å². The van der Waals surface area contributed by atoms with Crippen molar-refractivity contribution >= 4 is 18.2 Å². The number of ether oxygens (including phenoxy) is 1. The van der Waals surface area contributed by atoms with Crippen LogP contribution < -0.4 is 10.1 Å². The Bertz CT molecular complexity index is 501. The van der Waals surface area contributed by atoms with Crippen molar-refractivity contribution in [3.63, 3.8) is 0 Å². The highest BCUT2D eigenvalue weighted by molar-refractivity contribution is 7.94. The summed E-state index contributed by atoms with van der Waals surface area (Å²) in [7, 11) is 0. The summed E-state index contributed by atoms with van der Waals surface area (Å²) in [6.45, 7) is 7.71. The van der Waals surface area contributed by atoms with E-state index in [1.807, 2.05) is 11.8 Å². The summed E-state index contributed by atoms with van der Waals surface area (Å²) in [5, 5.41) is 2.86. The highest BCUT2D eigenvalue weighted by Gasteiger charge is 2.18. The first-order valence-electron chi connectivity index (χ1n) is 8.49. The van der Waals surface area contributed by atoms with Crippen LogP contribution in [0.5, 0.6) is 5.75 Å². The van der Waals surface area contributed by atoms with Crippen LogP contribution >= 0.6 is 12.1 Å². The van der Waals surface area contributed by atoms with Crippen LogP contribution in [0.1, 0.15) is 19.8 Å². The second kappa shape index (κ2) is 10.4. The predicted molar refractivity (Wildman–Crippen MR) is 95.2 cm³/mol. The number of urea groups is 1. The maximum atomic E-state index is 12.4. The fourth-order valence-corrected chi connectivity index (χ4v) is 2.97. The van der Waals surface area contributed by atoms with Gasteiger partial charge in [0.2, 0.25) is 0 Å². The molecule has 1 aliphatic heterocycles. The molecule has 5 nitrogen and oxygen atoms in total. The molecule has 1 saturated heterocycles. The van der Waals surface area contributed by atoms with E-state index in [1.165, 1.54) is 0 Å². The zero-order valence-electron chi connectivity index (χ0n) is 14.2. The van der Waals surface area contributed by atoms with E-state index in [9.17, 15) is 8.68 Å². The minimum absolute atomic E-state index is 0.0394. The normalized spacial score (nSPS) is 15.8. The minimum Gasteiger partial charge on any atom is -0.494 e. The van der Waals surface area contributed by atoms with Gasteiger partial charge in [-0.15, -0.1) is 0 Å². The van der Waals surface area contributed by atoms with E-state index in [1.54, 1.807) is 24.3 Å². The molecule has 0 unspecified atom stereocenters. The van der Waals surface area contributed by atoms with Crippen molar-refractivity contribution in [1.82, 2.24) is 15.1 Å². The lowest BCUT2D eigenvalue weighted by atomic mass is 10.3. The molecule has 0 radical (unpaired) electrons. The van der Waals surface area contributed by atoms with Gasteiger partial charge in [-0.1, -0.05) is 0 Å². The summed E-state index contributed by atoms with van der Waals surface area (Å²) in [5.74, 6) is 0.770. The van der Waals surface area contributed by atoms with Crippen LogP contribution in [0.25, 0.3) is 0 Å². The van der Waals surface area contributed by atoms with Crippen LogP contribution in [-0.4, -0.2) is 61.7 Å². The van der Waals surface area contributed by atoms with E-state index in [0.717, 1.165) is 51.3 Å². The molecule has 0 spiro atoms. The highest BCUT2D eigenvalue weighted by atomic mass is 32.2. The second-order valence-corrected chi connectivity index (χ2v) is 6.39. The van der Waals surface area contributed by atoms with Gasteiger partial charge in [-0.3, -0.25) is 0 Å². The van der Waals surface area contributed by atoms with Crippen molar-refractivity contribution in [2.45, 2.75) is 24.7 Å². The number of rotatable bonds is 7. The molecule has 1 aliphatic rings. The molecule has 0 aromatic heterocycles. The smallest absolute Gasteiger partial charge is 0.317 e. The van der Waals surface area contributed by atoms with Gasteiger partial charge in [-0.05, 0) is 50.6 Å². The topological polar surface area (TPSA) is 44.8 Å². The lowest BCUT2D eigenvalue weighted by Crippen LogP contribution is -2.42. The lowest BCUT2D eigenvalue weighted by molar-refractivity contribution is 0.197. The summed E-state index contributed by atoms with van der Waals surface area (Å²) in [5.41, 5.74) is 0. The maximum absolute atomic E-state index is 12.4. The van der Waals surface area contributed by atoms with E-state index in [2.05, 4.69) is 10.2 Å². The SMILES string of the molecule is CCNC(=O)N1CCCN(CCCOc2ccc(SF)cc2)CC1. The Hall–Kier alpha value is -1.47. The van der Waals surface area contributed by atoms with E-state index < -0.39 is 0 Å². The van der Waals surface area contributed by atoms with E-state index >= 15 is 0 Å². The van der Waals surface area contributed by atoms with Gasteiger partial charge in [0.15, 0.2) is 0 Å². The average molecular weight is 355 g/mol. The summed E-state index contributed by atoms with van der Waals surface area (Å²) >= 11 is 0.237. The number of benzene rings is 1. The highest BCUT2D eigenvalue weighted by Crippen LogP contribution is 2.21. The van der Waals surface area contributed by atoms with Gasteiger partial charge in [-0.25, -0.2) is 4.79 Å². The number of nitrogens with one attached hydrogen (secondary N) is 1. The fraction of sp³-hybridized carbons (Fsp3) is 0.588. The lowest BCUT2D eigenvalue weighted by Gasteiger charge is -2.22. The number of carbonyl (C=O) groups is 1. The molecule has 0 bridgehead atoms. The Morgan fingerprint density at radius 2 is 2.04 bits per heavy atom. The molecular weight excluding hydrogens is 329 g/mol. The van der Waals surface area contributed by atoms with Gasteiger partial charge in [0, 0.05) is 37.6 Å². The van der Waals surface area contributed by atoms with Gasteiger partial charge in [0.05, 0.1) is 18.8 Å². The molecule has 1 aromatic carbocycles. The van der Waals surface area contributed by atoms with Gasteiger partial charge >= 0.3 is 6.03 Å². The summed E-state index contributed by atoms with van der Waals surface area (Å²) in [4.78, 5) is 16.7. The third kappa shape index (κ3) is 6.20. The molecule has 24 heavy (non-hydrogen) atoms. The molecule has 1 N–H and O–H groups in total. The number of carbonyl (C=O) groups excluding carboxylic acids is 1. The average Bonchev–Trinajstić information content (AvgIpc) is 2.85. The van der Waals surface area contributed by atoms with Gasteiger partial charge in [0.1, 0.15) is 5.75 Å². The van der Waals surface area contributed by atoms with Crippen molar-refractivity contribution in [3.8, 4) is 5.75 Å². The van der Waals surface area contributed by atoms with E-state index in [4.69, 9.17) is 4.74 Å². The summed E-state index contributed by atoms with van der Waals surface area (Å²) in [6.07, 6.45) is 1.93. The first kappa shape index (κ1) is 18.9. The third-order valence-electron chi connectivity index (χ3n) is 4.00. The van der Waals surface area contributed by atoms with Crippen LogP contribution in [0, 0.1) is 0 Å². The monoisotopic (exact) mass is 355 g/mol. The summed E-state index contributed by atoms with van der Waals surface area (Å²) in [6, 6.07) is 7.04. The number of amides is 2. The molecule has 1 aromatic rings. The van der Waals surface area contributed by atoms with E-state index in [-0.39, 0.29) is 18.2 Å². The second-order valence-electron chi connectivity index (χ2n) is 5.77. The Balaban J connectivity index is 1.64. The number of hydrogen-bond acceptors (Lipinski definition) is 4. The van der Waals surface area contributed by atoms with Crippen molar-refractivity contribution < 1.29 is 13.4 Å². The van der Waals surface area contributed by atoms with Crippen molar-refractivity contribution in [1.29, 1.82) is 0 Å². The number of hydrogen-bond donors (Lipinski definition) is 1. The standard InChI is InChI=1S/C17H26FN3O2S/c1-2-19-17(22)21-11-3-9-20(12-13-21)10-4-14-23-15-5-7-16(24-18)8-6-15/h5-8H,2-4,9-14H2,1H3,(H,19,22). The first-order chi connectivity index (χ1) is 11.7. The van der Waals surface area contributed by atoms with Crippen molar-refractivity contribution in [2.24, 2.45) is 0 Å². The first-order valence-corrected chi connectivity index (χ1v) is 9.21. The fourth-order valence-electron chi connectivity index (χ4n) is 2.73. The number of halogens is 1. The largest absolute Gasteiger partial charge is 0.494 e. The zero-order chi connectivity index (χ0) is 17.2. The van der Waals surface area contributed by atoms with Gasteiger partial charge in [-0.2, -0.15) is 3.89 Å². The minimum atomic E-state index is 0.0394. The molecule has 2 amide bonds. The molecule has 7 heteroatoms. The van der Waals surface area contributed by atoms with Crippen molar-refractivity contribution in [3.05, 3.63) is 24.3 Å².